The second-order valence-corrected chi connectivity index (χ2v) is 4.84. The van der Waals surface area contributed by atoms with Crippen molar-refractivity contribution in [2.45, 2.75) is 12.2 Å². The van der Waals surface area contributed by atoms with Gasteiger partial charge in [-0.15, -0.1) is 0 Å². The van der Waals surface area contributed by atoms with Crippen LogP contribution >= 0.6 is 0 Å². The third-order valence-electron chi connectivity index (χ3n) is 3.35. The summed E-state index contributed by atoms with van der Waals surface area (Å²) in [6, 6.07) is 5.12. The monoisotopic (exact) mass is 297 g/mol. The van der Waals surface area contributed by atoms with Gasteiger partial charge >= 0.3 is 6.18 Å². The largest absolute Gasteiger partial charge is 0.416 e. The van der Waals surface area contributed by atoms with E-state index in [0.717, 1.165) is 18.7 Å². The maximum absolute atomic E-state index is 12.7. The van der Waals surface area contributed by atoms with Crippen molar-refractivity contribution in [3.8, 4) is 11.3 Å². The van der Waals surface area contributed by atoms with Gasteiger partial charge in [0.2, 0.25) is 0 Å². The molecule has 1 atom stereocenters. The van der Waals surface area contributed by atoms with E-state index in [1.165, 1.54) is 6.07 Å². The highest BCUT2D eigenvalue weighted by Crippen LogP contribution is 2.31. The molecular formula is C14H14F3N3O. The third-order valence-corrected chi connectivity index (χ3v) is 3.35. The van der Waals surface area contributed by atoms with Gasteiger partial charge in [0.15, 0.2) is 0 Å². The van der Waals surface area contributed by atoms with E-state index in [-0.39, 0.29) is 6.04 Å². The Labute approximate surface area is 119 Å². The van der Waals surface area contributed by atoms with Crippen LogP contribution in [-0.4, -0.2) is 29.7 Å². The number of hydrogen-bond acceptors (Lipinski definition) is 3. The topological polar surface area (TPSA) is 49.9 Å². The lowest BCUT2D eigenvalue weighted by molar-refractivity contribution is -0.137. The molecule has 1 aliphatic heterocycles. The van der Waals surface area contributed by atoms with Crippen LogP contribution in [0.5, 0.6) is 0 Å². The molecule has 1 aromatic heterocycles. The van der Waals surface area contributed by atoms with Gasteiger partial charge in [0.05, 0.1) is 36.7 Å². The smallest absolute Gasteiger partial charge is 0.378 e. The molecule has 1 aromatic carbocycles. The van der Waals surface area contributed by atoms with E-state index in [4.69, 9.17) is 4.74 Å². The number of nitrogens with zero attached hydrogens (tertiary/aromatic N) is 1. The first-order chi connectivity index (χ1) is 10.0. The van der Waals surface area contributed by atoms with Crippen LogP contribution < -0.4 is 5.32 Å². The van der Waals surface area contributed by atoms with Gasteiger partial charge < -0.3 is 15.0 Å². The molecule has 0 saturated carbocycles. The van der Waals surface area contributed by atoms with Crippen LogP contribution in [0.1, 0.15) is 17.4 Å². The summed E-state index contributed by atoms with van der Waals surface area (Å²) in [7, 11) is 0. The summed E-state index contributed by atoms with van der Waals surface area (Å²) in [5, 5.41) is 3.24. The van der Waals surface area contributed by atoms with Crippen molar-refractivity contribution in [2.24, 2.45) is 0 Å². The van der Waals surface area contributed by atoms with Crippen LogP contribution in [0, 0.1) is 0 Å². The van der Waals surface area contributed by atoms with E-state index in [1.54, 1.807) is 12.3 Å². The summed E-state index contributed by atoms with van der Waals surface area (Å²) in [5.74, 6) is 0.669. The van der Waals surface area contributed by atoms with Crippen molar-refractivity contribution in [1.82, 2.24) is 15.3 Å². The molecule has 7 heteroatoms. The zero-order valence-electron chi connectivity index (χ0n) is 11.1. The van der Waals surface area contributed by atoms with E-state index in [1.807, 2.05) is 0 Å². The maximum atomic E-state index is 12.7. The zero-order valence-corrected chi connectivity index (χ0v) is 11.1. The van der Waals surface area contributed by atoms with E-state index in [0.29, 0.717) is 30.3 Å². The number of ether oxygens (including phenoxy) is 1. The summed E-state index contributed by atoms with van der Waals surface area (Å²) < 4.78 is 43.5. The number of nitrogens with one attached hydrogen (secondary N) is 2. The molecule has 4 nitrogen and oxygen atoms in total. The van der Waals surface area contributed by atoms with Crippen molar-refractivity contribution in [2.75, 3.05) is 19.8 Å². The Balaban J connectivity index is 1.86. The van der Waals surface area contributed by atoms with Gasteiger partial charge in [-0.05, 0) is 12.1 Å². The number of H-pyrrole nitrogens is 1. The van der Waals surface area contributed by atoms with Crippen LogP contribution in [0.4, 0.5) is 13.2 Å². The minimum atomic E-state index is -4.35. The fraction of sp³-hybridized carbons (Fsp3) is 0.357. The zero-order chi connectivity index (χ0) is 14.9. The number of benzene rings is 1. The van der Waals surface area contributed by atoms with Crippen molar-refractivity contribution in [3.63, 3.8) is 0 Å². The van der Waals surface area contributed by atoms with Crippen LogP contribution in [0.25, 0.3) is 11.3 Å². The van der Waals surface area contributed by atoms with Gasteiger partial charge in [0.1, 0.15) is 5.82 Å². The molecule has 0 bridgehead atoms. The Bertz CT molecular complexity index is 618. The predicted molar refractivity (Wildman–Crippen MR) is 70.6 cm³/mol. The summed E-state index contributed by atoms with van der Waals surface area (Å²) in [4.78, 5) is 7.29. The lowest BCUT2D eigenvalue weighted by Crippen LogP contribution is -2.35. The normalized spacial score (nSPS) is 19.7. The number of aromatic nitrogens is 2. The fourth-order valence-corrected chi connectivity index (χ4v) is 2.26. The molecule has 2 heterocycles. The molecule has 3 rings (SSSR count). The first kappa shape index (κ1) is 14.1. The molecule has 1 aliphatic rings. The Kier molecular flexibility index (Phi) is 3.69. The van der Waals surface area contributed by atoms with E-state index in [2.05, 4.69) is 15.3 Å². The molecule has 0 amide bonds. The average Bonchev–Trinajstić information content (AvgIpc) is 2.97. The second kappa shape index (κ2) is 5.50. The molecule has 1 unspecified atom stereocenters. The molecule has 0 radical (unpaired) electrons. The predicted octanol–water partition coefficient (Wildman–Crippen LogP) is 2.76. The van der Waals surface area contributed by atoms with Crippen molar-refractivity contribution in [3.05, 3.63) is 41.9 Å². The SMILES string of the molecule is FC(F)(F)c1cccc(-c2cnc(C3COCCN3)[nH]2)c1. The van der Waals surface area contributed by atoms with Gasteiger partial charge in [-0.1, -0.05) is 12.1 Å². The molecule has 1 fully saturated rings. The molecule has 2 aromatic rings. The molecule has 112 valence electrons. The van der Waals surface area contributed by atoms with Gasteiger partial charge in [0.25, 0.3) is 0 Å². The molecule has 21 heavy (non-hydrogen) atoms. The molecule has 0 spiro atoms. The Morgan fingerprint density at radius 3 is 2.86 bits per heavy atom. The van der Waals surface area contributed by atoms with Crippen molar-refractivity contribution >= 4 is 0 Å². The van der Waals surface area contributed by atoms with Crippen LogP contribution in [0.2, 0.25) is 0 Å². The standard InChI is InChI=1S/C14H14F3N3O/c15-14(16,17)10-3-1-2-9(6-10)11-7-19-13(20-11)12-8-21-5-4-18-12/h1-3,6-7,12,18H,4-5,8H2,(H,19,20). The van der Waals surface area contributed by atoms with E-state index >= 15 is 0 Å². The Hall–Kier alpha value is -1.86. The maximum Gasteiger partial charge on any atom is 0.416 e. The number of imidazole rings is 1. The number of morpholine rings is 1. The highest BCUT2D eigenvalue weighted by atomic mass is 19.4. The minimum absolute atomic E-state index is 0.0571. The minimum Gasteiger partial charge on any atom is -0.378 e. The van der Waals surface area contributed by atoms with Gasteiger partial charge in [0, 0.05) is 12.1 Å². The summed E-state index contributed by atoms with van der Waals surface area (Å²) in [6.45, 7) is 1.87. The molecular weight excluding hydrogens is 283 g/mol. The first-order valence-electron chi connectivity index (χ1n) is 6.58. The van der Waals surface area contributed by atoms with Gasteiger partial charge in [-0.25, -0.2) is 4.98 Å². The fourth-order valence-electron chi connectivity index (χ4n) is 2.26. The Morgan fingerprint density at radius 1 is 1.29 bits per heavy atom. The lowest BCUT2D eigenvalue weighted by atomic mass is 10.1. The van der Waals surface area contributed by atoms with Crippen molar-refractivity contribution in [1.29, 1.82) is 0 Å². The average molecular weight is 297 g/mol. The van der Waals surface area contributed by atoms with Crippen LogP contribution in [-0.2, 0) is 10.9 Å². The second-order valence-electron chi connectivity index (χ2n) is 4.84. The highest BCUT2D eigenvalue weighted by Gasteiger charge is 2.30. The van der Waals surface area contributed by atoms with Crippen LogP contribution in [0.3, 0.4) is 0 Å². The third kappa shape index (κ3) is 3.08. The summed E-state index contributed by atoms with van der Waals surface area (Å²) in [5.41, 5.74) is 0.346. The van der Waals surface area contributed by atoms with Gasteiger partial charge in [-0.2, -0.15) is 13.2 Å². The molecule has 0 aliphatic carbocycles. The van der Waals surface area contributed by atoms with Crippen LogP contribution in [0.15, 0.2) is 30.5 Å². The van der Waals surface area contributed by atoms with E-state index in [9.17, 15) is 13.2 Å². The number of aromatic amines is 1. The highest BCUT2D eigenvalue weighted by molar-refractivity contribution is 5.59. The number of hydrogen-bond donors (Lipinski definition) is 2. The molecule has 2 N–H and O–H groups in total. The van der Waals surface area contributed by atoms with E-state index < -0.39 is 11.7 Å². The number of rotatable bonds is 2. The first-order valence-corrected chi connectivity index (χ1v) is 6.58. The number of alkyl halides is 3. The summed E-state index contributed by atoms with van der Waals surface area (Å²) in [6.07, 6.45) is -2.81. The quantitative estimate of drug-likeness (QED) is 0.896. The molecule has 1 saturated heterocycles. The van der Waals surface area contributed by atoms with Gasteiger partial charge in [-0.3, -0.25) is 0 Å². The Morgan fingerprint density at radius 2 is 2.14 bits per heavy atom. The number of halogens is 3. The lowest BCUT2D eigenvalue weighted by Gasteiger charge is -2.21. The summed E-state index contributed by atoms with van der Waals surface area (Å²) >= 11 is 0. The van der Waals surface area contributed by atoms with Crippen molar-refractivity contribution < 1.29 is 17.9 Å².